The highest BCUT2D eigenvalue weighted by molar-refractivity contribution is 7.07. The van der Waals surface area contributed by atoms with Gasteiger partial charge in [-0.2, -0.15) is 0 Å². The highest BCUT2D eigenvalue weighted by Crippen LogP contribution is 2.33. The summed E-state index contributed by atoms with van der Waals surface area (Å²) in [5.74, 6) is 0.602. The van der Waals surface area contributed by atoms with Gasteiger partial charge in [-0.25, -0.2) is 4.99 Å². The second kappa shape index (κ2) is 11.5. The van der Waals surface area contributed by atoms with Crippen LogP contribution in [0.5, 0.6) is 0 Å². The van der Waals surface area contributed by atoms with Crippen LogP contribution in [-0.4, -0.2) is 33.4 Å². The Morgan fingerprint density at radius 1 is 1.15 bits per heavy atom. The van der Waals surface area contributed by atoms with Gasteiger partial charge in [0.15, 0.2) is 4.80 Å². The molecule has 0 radical (unpaired) electrons. The van der Waals surface area contributed by atoms with Crippen molar-refractivity contribution in [1.82, 2.24) is 9.47 Å². The first kappa shape index (κ1) is 28.5. The highest BCUT2D eigenvalue weighted by Gasteiger charge is 2.34. The van der Waals surface area contributed by atoms with E-state index in [0.29, 0.717) is 55.8 Å². The fourth-order valence-corrected chi connectivity index (χ4v) is 6.18. The zero-order valence-electron chi connectivity index (χ0n) is 22.3. The Labute approximate surface area is 248 Å². The van der Waals surface area contributed by atoms with Crippen molar-refractivity contribution in [2.45, 2.75) is 26.8 Å². The molecule has 2 aromatic carbocycles. The van der Waals surface area contributed by atoms with Crippen molar-refractivity contribution in [3.63, 3.8) is 0 Å². The number of non-ortho nitro benzene ring substituents is 1. The van der Waals surface area contributed by atoms with Gasteiger partial charge in [-0.3, -0.25) is 24.3 Å². The number of allylic oxidation sites excluding steroid dienone is 1. The number of benzene rings is 2. The molecule has 0 saturated heterocycles. The summed E-state index contributed by atoms with van der Waals surface area (Å²) < 4.78 is 7.85. The summed E-state index contributed by atoms with van der Waals surface area (Å²) in [6.45, 7) is 6.63. The predicted molar refractivity (Wildman–Crippen MR) is 159 cm³/mol. The Hall–Kier alpha value is -3.99. The van der Waals surface area contributed by atoms with Gasteiger partial charge >= 0.3 is 0 Å². The lowest BCUT2D eigenvalue weighted by molar-refractivity contribution is -0.384. The lowest BCUT2D eigenvalue weighted by Gasteiger charge is -2.29. The molecule has 5 rings (SSSR count). The van der Waals surface area contributed by atoms with Crippen molar-refractivity contribution in [3.8, 4) is 11.3 Å². The van der Waals surface area contributed by atoms with E-state index in [-0.39, 0.29) is 22.2 Å². The maximum atomic E-state index is 13.9. The molecule has 41 heavy (non-hydrogen) atoms. The van der Waals surface area contributed by atoms with Gasteiger partial charge in [0.1, 0.15) is 11.5 Å². The molecule has 0 aliphatic carbocycles. The monoisotopic (exact) mass is 610 g/mol. The number of carbonyl (C=O) groups is 1. The van der Waals surface area contributed by atoms with E-state index in [2.05, 4.69) is 4.99 Å². The van der Waals surface area contributed by atoms with Crippen LogP contribution in [0.15, 0.2) is 80.1 Å². The molecule has 0 unspecified atom stereocenters. The SMILES string of the molecule is CCN(CC)C(=O)C1=C(C)N=c2s/c(=C/c3ccc(-c4ccc([N+](=O)[O-])cc4Cl)o3)c(=O)n2[C@@H]1c1ccc(Cl)cc1. The van der Waals surface area contributed by atoms with Gasteiger partial charge in [-0.05, 0) is 56.7 Å². The number of amides is 1. The molecule has 2 aromatic heterocycles. The number of nitrogens with zero attached hydrogens (tertiary/aromatic N) is 4. The Bertz CT molecular complexity index is 1880. The van der Waals surface area contributed by atoms with Crippen molar-refractivity contribution < 1.29 is 14.1 Å². The van der Waals surface area contributed by atoms with Gasteiger partial charge < -0.3 is 9.32 Å². The third-order valence-electron chi connectivity index (χ3n) is 6.82. The zero-order valence-corrected chi connectivity index (χ0v) is 24.6. The van der Waals surface area contributed by atoms with E-state index in [4.69, 9.17) is 27.6 Å². The number of nitro benzene ring substituents is 1. The van der Waals surface area contributed by atoms with E-state index >= 15 is 0 Å². The number of furan rings is 1. The number of aromatic nitrogens is 1. The van der Waals surface area contributed by atoms with Crippen molar-refractivity contribution in [2.24, 2.45) is 4.99 Å². The van der Waals surface area contributed by atoms with Gasteiger partial charge in [-0.1, -0.05) is 46.7 Å². The molecular formula is C29H24Cl2N4O5S. The number of rotatable bonds is 7. The highest BCUT2D eigenvalue weighted by atomic mass is 35.5. The molecule has 1 aliphatic heterocycles. The van der Waals surface area contributed by atoms with Gasteiger partial charge in [0.25, 0.3) is 17.2 Å². The maximum Gasteiger partial charge on any atom is 0.271 e. The molecule has 210 valence electrons. The van der Waals surface area contributed by atoms with Crippen LogP contribution in [0.25, 0.3) is 17.4 Å². The van der Waals surface area contributed by atoms with Crippen molar-refractivity contribution >= 4 is 52.2 Å². The topological polar surface area (TPSA) is 111 Å². The van der Waals surface area contributed by atoms with Crippen LogP contribution in [0.1, 0.15) is 38.1 Å². The first-order valence-corrected chi connectivity index (χ1v) is 14.3. The molecule has 0 spiro atoms. The quantitative estimate of drug-likeness (QED) is 0.200. The summed E-state index contributed by atoms with van der Waals surface area (Å²) in [6.07, 6.45) is 1.61. The number of carbonyl (C=O) groups excluding carboxylic acids is 1. The summed E-state index contributed by atoms with van der Waals surface area (Å²) >= 11 is 13.6. The number of nitro groups is 1. The molecular weight excluding hydrogens is 587 g/mol. The lowest BCUT2D eigenvalue weighted by Crippen LogP contribution is -2.43. The summed E-state index contributed by atoms with van der Waals surface area (Å²) in [6, 6.07) is 13.9. The molecule has 1 amide bonds. The Kier molecular flexibility index (Phi) is 7.99. The van der Waals surface area contributed by atoms with E-state index in [9.17, 15) is 19.7 Å². The second-order valence-corrected chi connectivity index (χ2v) is 11.1. The summed E-state index contributed by atoms with van der Waals surface area (Å²) in [4.78, 5) is 44.9. The fraction of sp³-hybridized carbons (Fsp3) is 0.207. The zero-order chi connectivity index (χ0) is 29.4. The van der Waals surface area contributed by atoms with Crippen LogP contribution in [0.3, 0.4) is 0 Å². The second-order valence-electron chi connectivity index (χ2n) is 9.23. The minimum Gasteiger partial charge on any atom is -0.457 e. The van der Waals surface area contributed by atoms with Crippen molar-refractivity contribution in [1.29, 1.82) is 0 Å². The van der Waals surface area contributed by atoms with Crippen molar-refractivity contribution in [3.05, 3.63) is 117 Å². The van der Waals surface area contributed by atoms with Crippen LogP contribution in [0.2, 0.25) is 10.0 Å². The standard InChI is InChI=1S/C29H24Cl2N4O5S/c1-4-33(5-2)28(37)25-16(3)32-29-34(26(25)17-6-8-18(30)9-7-17)27(36)24(41-29)15-20-11-13-23(40-20)21-12-10-19(35(38)39)14-22(21)31/h6-15,26H,4-5H2,1-3H3/b24-15+/t26-/m1/s1. The number of likely N-dealkylation sites (N-methyl/N-ethyl adjacent to an activating group) is 1. The number of halogens is 2. The first-order valence-electron chi connectivity index (χ1n) is 12.7. The number of hydrogen-bond donors (Lipinski definition) is 0. The van der Waals surface area contributed by atoms with Crippen molar-refractivity contribution in [2.75, 3.05) is 13.1 Å². The molecule has 0 N–H and O–H groups in total. The third kappa shape index (κ3) is 5.38. The summed E-state index contributed by atoms with van der Waals surface area (Å²) in [5.41, 5.74) is 1.75. The van der Waals surface area contributed by atoms with Gasteiger partial charge in [0, 0.05) is 41.9 Å². The average Bonchev–Trinajstić information content (AvgIpc) is 3.53. The normalized spacial score (nSPS) is 15.0. The van der Waals surface area contributed by atoms with Crippen LogP contribution >= 0.6 is 34.5 Å². The molecule has 9 nitrogen and oxygen atoms in total. The Morgan fingerprint density at radius 2 is 1.85 bits per heavy atom. The Balaban J connectivity index is 1.62. The van der Waals surface area contributed by atoms with Gasteiger partial charge in [-0.15, -0.1) is 0 Å². The van der Waals surface area contributed by atoms with Crippen LogP contribution in [0.4, 0.5) is 5.69 Å². The van der Waals surface area contributed by atoms with E-state index in [1.165, 1.54) is 29.5 Å². The smallest absolute Gasteiger partial charge is 0.271 e. The minimum absolute atomic E-state index is 0.129. The number of fused-ring (bicyclic) bond motifs is 1. The largest absolute Gasteiger partial charge is 0.457 e. The van der Waals surface area contributed by atoms with Crippen LogP contribution < -0.4 is 14.9 Å². The van der Waals surface area contributed by atoms with E-state index in [0.717, 1.165) is 5.56 Å². The molecule has 1 aliphatic rings. The van der Waals surface area contributed by atoms with Gasteiger partial charge in [0.2, 0.25) is 0 Å². The predicted octanol–water partition coefficient (Wildman–Crippen LogP) is 5.58. The molecule has 0 saturated carbocycles. The summed E-state index contributed by atoms with van der Waals surface area (Å²) in [7, 11) is 0. The minimum atomic E-state index is -0.690. The molecule has 0 bridgehead atoms. The summed E-state index contributed by atoms with van der Waals surface area (Å²) in [5, 5.41) is 11.8. The number of hydrogen-bond acceptors (Lipinski definition) is 7. The third-order valence-corrected chi connectivity index (χ3v) is 8.37. The first-order chi connectivity index (χ1) is 19.6. The van der Waals surface area contributed by atoms with Crippen LogP contribution in [0, 0.1) is 10.1 Å². The maximum absolute atomic E-state index is 13.9. The van der Waals surface area contributed by atoms with E-state index in [1.54, 1.807) is 46.7 Å². The average molecular weight is 612 g/mol. The van der Waals surface area contributed by atoms with E-state index < -0.39 is 11.0 Å². The molecule has 12 heteroatoms. The molecule has 3 heterocycles. The Morgan fingerprint density at radius 3 is 2.49 bits per heavy atom. The van der Waals surface area contributed by atoms with E-state index in [1.807, 2.05) is 26.0 Å². The lowest BCUT2D eigenvalue weighted by atomic mass is 9.94. The molecule has 4 aromatic rings. The van der Waals surface area contributed by atoms with Gasteiger partial charge in [0.05, 0.1) is 31.8 Å². The number of thiazole rings is 1. The molecule has 1 atom stereocenters. The fourth-order valence-electron chi connectivity index (χ4n) is 4.76. The molecule has 0 fully saturated rings. The van der Waals surface area contributed by atoms with Crippen LogP contribution in [-0.2, 0) is 4.79 Å².